The van der Waals surface area contributed by atoms with Gasteiger partial charge in [0, 0.05) is 13.1 Å². The topological polar surface area (TPSA) is 58.6 Å². The molecule has 1 aliphatic rings. The van der Waals surface area contributed by atoms with Gasteiger partial charge in [0.15, 0.2) is 5.75 Å². The van der Waals surface area contributed by atoms with Gasteiger partial charge in [0.05, 0.1) is 11.6 Å². The van der Waals surface area contributed by atoms with Crippen LogP contribution >= 0.6 is 0 Å². The number of benzene rings is 2. The van der Waals surface area contributed by atoms with Crippen molar-refractivity contribution >= 4 is 17.5 Å². The van der Waals surface area contributed by atoms with Crippen molar-refractivity contribution < 1.29 is 27.5 Å². The van der Waals surface area contributed by atoms with Crippen molar-refractivity contribution in [2.75, 3.05) is 18.4 Å². The van der Waals surface area contributed by atoms with Crippen LogP contribution in [0.3, 0.4) is 0 Å². The van der Waals surface area contributed by atoms with Gasteiger partial charge in [0.2, 0.25) is 5.91 Å². The minimum atomic E-state index is -4.94. The van der Waals surface area contributed by atoms with E-state index in [2.05, 4.69) is 5.32 Å². The zero-order valence-electron chi connectivity index (χ0n) is 14.9. The lowest BCUT2D eigenvalue weighted by atomic mass is 9.97. The first-order valence-corrected chi connectivity index (χ1v) is 8.83. The lowest BCUT2D eigenvalue weighted by Gasteiger charge is -2.32. The molecule has 2 aromatic rings. The number of nitrogens with zero attached hydrogens (tertiary/aromatic N) is 1. The van der Waals surface area contributed by atoms with Crippen LogP contribution in [0.1, 0.15) is 12.8 Å². The number of nitrogens with one attached hydrogen (secondary N) is 1. The van der Waals surface area contributed by atoms with E-state index in [-0.39, 0.29) is 13.1 Å². The number of rotatable bonds is 4. The van der Waals surface area contributed by atoms with Gasteiger partial charge in [-0.05, 0) is 37.1 Å². The van der Waals surface area contributed by atoms with E-state index in [1.807, 2.05) is 18.2 Å². The van der Waals surface area contributed by atoms with Crippen LogP contribution in [0.4, 0.5) is 18.9 Å². The SMILES string of the molecule is O=C(Nc1ccccc1Oc1ccccc1)C1CCCN(C(=O)C(F)(F)F)C1. The maximum atomic E-state index is 12.7. The predicted molar refractivity (Wildman–Crippen MR) is 96.9 cm³/mol. The number of ether oxygens (including phenoxy) is 1. The molecule has 5 nitrogen and oxygen atoms in total. The summed E-state index contributed by atoms with van der Waals surface area (Å²) in [4.78, 5) is 24.8. The third kappa shape index (κ3) is 4.82. The normalized spacial score (nSPS) is 17.1. The highest BCUT2D eigenvalue weighted by atomic mass is 19.4. The van der Waals surface area contributed by atoms with Crippen molar-refractivity contribution in [2.24, 2.45) is 5.92 Å². The highest BCUT2D eigenvalue weighted by Gasteiger charge is 2.44. The predicted octanol–water partition coefficient (Wildman–Crippen LogP) is 4.22. The first-order valence-electron chi connectivity index (χ1n) is 8.83. The zero-order chi connectivity index (χ0) is 20.1. The van der Waals surface area contributed by atoms with Crippen LogP contribution in [0.15, 0.2) is 54.6 Å². The molecule has 2 aromatic carbocycles. The molecule has 1 heterocycles. The summed E-state index contributed by atoms with van der Waals surface area (Å²) in [6.07, 6.45) is -4.19. The minimum Gasteiger partial charge on any atom is -0.455 e. The van der Waals surface area contributed by atoms with Crippen LogP contribution in [0, 0.1) is 5.92 Å². The Morgan fingerprint density at radius 1 is 1.04 bits per heavy atom. The first kappa shape index (κ1) is 19.7. The van der Waals surface area contributed by atoms with E-state index < -0.39 is 23.9 Å². The maximum Gasteiger partial charge on any atom is 0.471 e. The molecule has 1 aliphatic heterocycles. The van der Waals surface area contributed by atoms with E-state index in [0.29, 0.717) is 34.9 Å². The summed E-state index contributed by atoms with van der Waals surface area (Å²) in [7, 11) is 0. The third-order valence-electron chi connectivity index (χ3n) is 4.44. The number of amides is 2. The van der Waals surface area contributed by atoms with Crippen LogP contribution in [0.25, 0.3) is 0 Å². The first-order chi connectivity index (χ1) is 13.3. The van der Waals surface area contributed by atoms with Gasteiger partial charge in [-0.3, -0.25) is 9.59 Å². The number of piperidine rings is 1. The fraction of sp³-hybridized carbons (Fsp3) is 0.300. The Labute approximate surface area is 160 Å². The van der Waals surface area contributed by atoms with Crippen LogP contribution in [-0.2, 0) is 9.59 Å². The van der Waals surface area contributed by atoms with Crippen molar-refractivity contribution in [2.45, 2.75) is 19.0 Å². The van der Waals surface area contributed by atoms with Gasteiger partial charge in [-0.15, -0.1) is 0 Å². The summed E-state index contributed by atoms with van der Waals surface area (Å²) in [5.41, 5.74) is 0.413. The molecule has 0 bridgehead atoms. The van der Waals surface area contributed by atoms with Crippen molar-refractivity contribution in [3.8, 4) is 11.5 Å². The van der Waals surface area contributed by atoms with Gasteiger partial charge < -0.3 is 15.0 Å². The Balaban J connectivity index is 1.69. The Bertz CT molecular complexity index is 840. The zero-order valence-corrected chi connectivity index (χ0v) is 14.9. The number of anilines is 1. The largest absolute Gasteiger partial charge is 0.471 e. The monoisotopic (exact) mass is 392 g/mol. The lowest BCUT2D eigenvalue weighted by Crippen LogP contribution is -2.48. The molecular weight excluding hydrogens is 373 g/mol. The van der Waals surface area contributed by atoms with Gasteiger partial charge in [-0.1, -0.05) is 30.3 Å². The van der Waals surface area contributed by atoms with Gasteiger partial charge in [0.25, 0.3) is 0 Å². The Hall–Kier alpha value is -3.03. The molecule has 1 fully saturated rings. The number of halogens is 3. The van der Waals surface area contributed by atoms with Crippen LogP contribution in [0.2, 0.25) is 0 Å². The summed E-state index contributed by atoms with van der Waals surface area (Å²) in [6, 6.07) is 15.8. The molecular formula is C20H19F3N2O3. The van der Waals surface area contributed by atoms with Gasteiger partial charge >= 0.3 is 12.1 Å². The van der Waals surface area contributed by atoms with E-state index in [1.54, 1.807) is 36.4 Å². The molecule has 2 amide bonds. The second kappa shape index (κ2) is 8.33. The molecule has 1 atom stereocenters. The highest BCUT2D eigenvalue weighted by Crippen LogP contribution is 2.30. The van der Waals surface area contributed by atoms with Crippen molar-refractivity contribution in [3.63, 3.8) is 0 Å². The molecule has 3 rings (SSSR count). The second-order valence-electron chi connectivity index (χ2n) is 6.49. The van der Waals surface area contributed by atoms with Crippen molar-refractivity contribution in [3.05, 3.63) is 54.6 Å². The fourth-order valence-corrected chi connectivity index (χ4v) is 3.06. The van der Waals surface area contributed by atoms with Crippen LogP contribution in [0.5, 0.6) is 11.5 Å². The fourth-order valence-electron chi connectivity index (χ4n) is 3.06. The molecule has 0 saturated carbocycles. The maximum absolute atomic E-state index is 12.7. The number of hydrogen-bond acceptors (Lipinski definition) is 3. The quantitative estimate of drug-likeness (QED) is 0.848. The molecule has 8 heteroatoms. The molecule has 0 aliphatic carbocycles. The second-order valence-corrected chi connectivity index (χ2v) is 6.49. The van der Waals surface area contributed by atoms with E-state index >= 15 is 0 Å². The van der Waals surface area contributed by atoms with Gasteiger partial charge in [-0.2, -0.15) is 13.2 Å². The average molecular weight is 392 g/mol. The molecule has 1 unspecified atom stereocenters. The Kier molecular flexibility index (Phi) is 5.87. The Morgan fingerprint density at radius 3 is 2.43 bits per heavy atom. The van der Waals surface area contributed by atoms with Crippen LogP contribution < -0.4 is 10.1 Å². The molecule has 28 heavy (non-hydrogen) atoms. The van der Waals surface area contributed by atoms with E-state index in [0.717, 1.165) is 0 Å². The Morgan fingerprint density at radius 2 is 1.71 bits per heavy atom. The summed E-state index contributed by atoms with van der Waals surface area (Å²) >= 11 is 0. The highest BCUT2D eigenvalue weighted by molar-refractivity contribution is 5.94. The summed E-state index contributed by atoms with van der Waals surface area (Å²) in [5.74, 6) is -2.06. The van der Waals surface area contributed by atoms with Gasteiger partial charge in [0.1, 0.15) is 5.75 Å². The van der Waals surface area contributed by atoms with E-state index in [9.17, 15) is 22.8 Å². The summed E-state index contributed by atoms with van der Waals surface area (Å²) < 4.78 is 43.8. The summed E-state index contributed by atoms with van der Waals surface area (Å²) in [5, 5.41) is 2.72. The molecule has 0 radical (unpaired) electrons. The summed E-state index contributed by atoms with van der Waals surface area (Å²) in [6.45, 7) is -0.262. The molecule has 0 aromatic heterocycles. The van der Waals surface area contributed by atoms with Crippen LogP contribution in [-0.4, -0.2) is 36.0 Å². The van der Waals surface area contributed by atoms with Gasteiger partial charge in [-0.25, -0.2) is 0 Å². The number of alkyl halides is 3. The standard InChI is InChI=1S/C20H19F3N2O3/c21-20(22,23)19(27)25-12-6-7-14(13-25)18(26)24-16-10-4-5-11-17(16)28-15-8-2-1-3-9-15/h1-5,8-11,14H,6-7,12-13H2,(H,24,26). The minimum absolute atomic E-state index is 0.00414. The molecule has 148 valence electrons. The van der Waals surface area contributed by atoms with E-state index in [4.69, 9.17) is 4.74 Å². The average Bonchev–Trinajstić information content (AvgIpc) is 2.69. The number of likely N-dealkylation sites (tertiary alicyclic amines) is 1. The smallest absolute Gasteiger partial charge is 0.455 e. The lowest BCUT2D eigenvalue weighted by molar-refractivity contribution is -0.187. The number of carbonyl (C=O) groups is 2. The molecule has 1 saturated heterocycles. The number of carbonyl (C=O) groups excluding carboxylic acids is 2. The third-order valence-corrected chi connectivity index (χ3v) is 4.44. The molecule has 1 N–H and O–H groups in total. The van der Waals surface area contributed by atoms with Crippen molar-refractivity contribution in [1.82, 2.24) is 4.90 Å². The number of para-hydroxylation sites is 3. The van der Waals surface area contributed by atoms with Crippen molar-refractivity contribution in [1.29, 1.82) is 0 Å². The number of hydrogen-bond donors (Lipinski definition) is 1. The molecule has 0 spiro atoms. The van der Waals surface area contributed by atoms with E-state index in [1.165, 1.54) is 0 Å².